The first-order valence-electron chi connectivity index (χ1n) is 9.03. The molecule has 25 heavy (non-hydrogen) atoms. The first kappa shape index (κ1) is 17.7. The molecule has 0 bridgehead atoms. The van der Waals surface area contributed by atoms with Crippen molar-refractivity contribution in [2.24, 2.45) is 11.3 Å². The lowest BCUT2D eigenvalue weighted by Crippen LogP contribution is -2.51. The number of aliphatic hydroxyl groups is 1. The maximum Gasteiger partial charge on any atom is 0.318 e. The van der Waals surface area contributed by atoms with Gasteiger partial charge in [-0.2, -0.15) is 0 Å². The molecule has 2 atom stereocenters. The Bertz CT molecular complexity index is 709. The number of carbonyl (C=O) groups is 1. The van der Waals surface area contributed by atoms with Crippen LogP contribution < -0.4 is 5.32 Å². The van der Waals surface area contributed by atoms with Crippen LogP contribution in [0.1, 0.15) is 45.5 Å². The van der Waals surface area contributed by atoms with E-state index in [1.165, 1.54) is 0 Å². The Morgan fingerprint density at radius 2 is 2.20 bits per heavy atom. The van der Waals surface area contributed by atoms with Gasteiger partial charge in [0.2, 0.25) is 0 Å². The van der Waals surface area contributed by atoms with Crippen LogP contribution >= 0.6 is 0 Å². The number of benzene rings is 1. The van der Waals surface area contributed by atoms with Crippen LogP contribution in [0.2, 0.25) is 0 Å². The van der Waals surface area contributed by atoms with Gasteiger partial charge in [-0.1, -0.05) is 32.9 Å². The Kier molecular flexibility index (Phi) is 4.99. The van der Waals surface area contributed by atoms with Gasteiger partial charge in [0.05, 0.1) is 23.7 Å². The number of hydrogen-bond acceptors (Lipinski definition) is 3. The molecule has 0 radical (unpaired) electrons. The van der Waals surface area contributed by atoms with Gasteiger partial charge in [-0.25, -0.2) is 9.78 Å². The molecule has 3 rings (SSSR count). The van der Waals surface area contributed by atoms with Crippen LogP contribution in [0.15, 0.2) is 24.3 Å². The standard InChI is InChI=1S/C19H28N4O2/c1-13(2)16(17-20-14-7-4-5-8-15(14)21-17)22-18(25)23-10-6-9-19(3,11-23)12-24/h4-5,7-8,13,16,24H,6,9-12H2,1-3H3,(H,20,21)(H,22,25). The van der Waals surface area contributed by atoms with Crippen molar-refractivity contribution in [2.45, 2.75) is 39.7 Å². The molecule has 1 aromatic heterocycles. The second-order valence-corrected chi connectivity index (χ2v) is 7.80. The number of aliphatic hydroxyl groups excluding tert-OH is 1. The molecule has 6 heteroatoms. The highest BCUT2D eigenvalue weighted by Gasteiger charge is 2.34. The van der Waals surface area contributed by atoms with Crippen LogP contribution in [0, 0.1) is 11.3 Å². The Morgan fingerprint density at radius 1 is 1.44 bits per heavy atom. The van der Waals surface area contributed by atoms with E-state index in [9.17, 15) is 9.90 Å². The number of H-pyrrole nitrogens is 1. The molecule has 2 unspecified atom stereocenters. The average Bonchev–Trinajstić information content (AvgIpc) is 3.02. The summed E-state index contributed by atoms with van der Waals surface area (Å²) in [5, 5.41) is 12.7. The maximum absolute atomic E-state index is 12.8. The largest absolute Gasteiger partial charge is 0.396 e. The maximum atomic E-state index is 12.8. The molecule has 6 nitrogen and oxygen atoms in total. The van der Waals surface area contributed by atoms with E-state index >= 15 is 0 Å². The molecular weight excluding hydrogens is 316 g/mol. The summed E-state index contributed by atoms with van der Waals surface area (Å²) in [6.07, 6.45) is 1.87. The lowest BCUT2D eigenvalue weighted by Gasteiger charge is -2.39. The van der Waals surface area contributed by atoms with E-state index in [1.54, 1.807) is 0 Å². The molecule has 3 N–H and O–H groups in total. The zero-order valence-electron chi connectivity index (χ0n) is 15.2. The van der Waals surface area contributed by atoms with Crippen molar-refractivity contribution in [3.8, 4) is 0 Å². The molecule has 1 saturated heterocycles. The first-order chi connectivity index (χ1) is 11.9. The van der Waals surface area contributed by atoms with E-state index in [0.717, 1.165) is 36.2 Å². The second kappa shape index (κ2) is 7.04. The number of piperidine rings is 1. The topological polar surface area (TPSA) is 81.2 Å². The summed E-state index contributed by atoms with van der Waals surface area (Å²) >= 11 is 0. The lowest BCUT2D eigenvalue weighted by atomic mass is 9.83. The van der Waals surface area contributed by atoms with Crippen LogP contribution in [0.25, 0.3) is 11.0 Å². The number of fused-ring (bicyclic) bond motifs is 1. The fraction of sp³-hybridized carbons (Fsp3) is 0.579. The SMILES string of the molecule is CC(C)C(NC(=O)N1CCCC(C)(CO)C1)c1nc2ccccc2[nH]1. The normalized spacial score (nSPS) is 22.4. The Labute approximate surface area is 148 Å². The summed E-state index contributed by atoms with van der Waals surface area (Å²) in [5.41, 5.74) is 1.67. The number of hydrogen-bond donors (Lipinski definition) is 3. The third-order valence-electron chi connectivity index (χ3n) is 5.10. The minimum Gasteiger partial charge on any atom is -0.396 e. The van der Waals surface area contributed by atoms with Crippen LogP contribution in [0.3, 0.4) is 0 Å². The number of aromatic nitrogens is 2. The van der Waals surface area contributed by atoms with Gasteiger partial charge in [-0.3, -0.25) is 0 Å². The van der Waals surface area contributed by atoms with Gasteiger partial charge in [0.1, 0.15) is 5.82 Å². The Hall–Kier alpha value is -2.08. The summed E-state index contributed by atoms with van der Waals surface area (Å²) in [6.45, 7) is 7.60. The second-order valence-electron chi connectivity index (χ2n) is 7.80. The van der Waals surface area contributed by atoms with Gasteiger partial charge in [0.15, 0.2) is 0 Å². The fourth-order valence-corrected chi connectivity index (χ4v) is 3.51. The number of urea groups is 1. The van der Waals surface area contributed by atoms with Gasteiger partial charge >= 0.3 is 6.03 Å². The highest BCUT2D eigenvalue weighted by molar-refractivity contribution is 5.76. The third-order valence-corrected chi connectivity index (χ3v) is 5.10. The molecule has 1 fully saturated rings. The van der Waals surface area contributed by atoms with Crippen LogP contribution in [0.5, 0.6) is 0 Å². The first-order valence-corrected chi connectivity index (χ1v) is 9.03. The highest BCUT2D eigenvalue weighted by atomic mass is 16.3. The van der Waals surface area contributed by atoms with Gasteiger partial charge in [0.25, 0.3) is 0 Å². The smallest absolute Gasteiger partial charge is 0.318 e. The van der Waals surface area contributed by atoms with Gasteiger partial charge in [0, 0.05) is 18.5 Å². The summed E-state index contributed by atoms with van der Waals surface area (Å²) in [4.78, 5) is 22.6. The van der Waals surface area contributed by atoms with E-state index in [0.29, 0.717) is 6.54 Å². The zero-order chi connectivity index (χ0) is 18.0. The van der Waals surface area contributed by atoms with Crippen molar-refractivity contribution in [3.05, 3.63) is 30.1 Å². The molecule has 0 aliphatic carbocycles. The number of rotatable bonds is 4. The molecule has 136 valence electrons. The molecule has 1 aromatic carbocycles. The van der Waals surface area contributed by atoms with E-state index in [-0.39, 0.29) is 30.0 Å². The predicted octanol–water partition coefficient (Wildman–Crippen LogP) is 3.06. The van der Waals surface area contributed by atoms with E-state index < -0.39 is 0 Å². The molecular formula is C19H28N4O2. The van der Waals surface area contributed by atoms with Crippen molar-refractivity contribution in [3.63, 3.8) is 0 Å². The van der Waals surface area contributed by atoms with Crippen molar-refractivity contribution in [1.29, 1.82) is 0 Å². The van der Waals surface area contributed by atoms with E-state index in [1.807, 2.05) is 36.1 Å². The predicted molar refractivity (Wildman–Crippen MR) is 98.2 cm³/mol. The van der Waals surface area contributed by atoms with E-state index in [4.69, 9.17) is 0 Å². The number of imidazole rings is 1. The third kappa shape index (κ3) is 3.79. The summed E-state index contributed by atoms with van der Waals surface area (Å²) < 4.78 is 0. The van der Waals surface area contributed by atoms with Crippen LogP contribution in [0.4, 0.5) is 4.79 Å². The van der Waals surface area contributed by atoms with Gasteiger partial charge in [-0.05, 0) is 30.9 Å². The quantitative estimate of drug-likeness (QED) is 0.797. The molecule has 1 aliphatic heterocycles. The summed E-state index contributed by atoms with van der Waals surface area (Å²) in [6, 6.07) is 7.62. The number of aromatic amines is 1. The molecule has 0 saturated carbocycles. The van der Waals surface area contributed by atoms with Crippen molar-refractivity contribution >= 4 is 17.1 Å². The van der Waals surface area contributed by atoms with E-state index in [2.05, 4.69) is 29.1 Å². The Morgan fingerprint density at radius 3 is 2.88 bits per heavy atom. The average molecular weight is 344 g/mol. The molecule has 2 aromatic rings. The van der Waals surface area contributed by atoms with Gasteiger partial charge < -0.3 is 20.3 Å². The number of amides is 2. The summed E-state index contributed by atoms with van der Waals surface area (Å²) in [5.74, 6) is 0.991. The number of para-hydroxylation sites is 2. The number of nitrogens with one attached hydrogen (secondary N) is 2. The van der Waals surface area contributed by atoms with Crippen molar-refractivity contribution in [1.82, 2.24) is 20.2 Å². The lowest BCUT2D eigenvalue weighted by molar-refractivity contribution is 0.0602. The zero-order valence-corrected chi connectivity index (χ0v) is 15.2. The Balaban J connectivity index is 1.76. The van der Waals surface area contributed by atoms with Crippen LogP contribution in [-0.2, 0) is 0 Å². The minimum atomic E-state index is -0.206. The molecule has 1 aliphatic rings. The summed E-state index contributed by atoms with van der Waals surface area (Å²) in [7, 11) is 0. The van der Waals surface area contributed by atoms with Crippen molar-refractivity contribution in [2.75, 3.05) is 19.7 Å². The number of carbonyl (C=O) groups excluding carboxylic acids is 1. The molecule has 0 spiro atoms. The fourth-order valence-electron chi connectivity index (χ4n) is 3.51. The van der Waals surface area contributed by atoms with Gasteiger partial charge in [-0.15, -0.1) is 0 Å². The minimum absolute atomic E-state index is 0.0847. The number of likely N-dealkylation sites (tertiary alicyclic amines) is 1. The van der Waals surface area contributed by atoms with Crippen molar-refractivity contribution < 1.29 is 9.90 Å². The highest BCUT2D eigenvalue weighted by Crippen LogP contribution is 2.29. The molecule has 2 heterocycles. The van der Waals surface area contributed by atoms with Crippen LogP contribution in [-0.4, -0.2) is 45.7 Å². The number of nitrogens with zero attached hydrogens (tertiary/aromatic N) is 2. The molecule has 2 amide bonds. The monoisotopic (exact) mass is 344 g/mol.